The van der Waals surface area contributed by atoms with Gasteiger partial charge in [-0.25, -0.2) is 8.42 Å². The lowest BCUT2D eigenvalue weighted by atomic mass is 10.1. The molecule has 0 saturated carbocycles. The van der Waals surface area contributed by atoms with Gasteiger partial charge in [0.25, 0.3) is 0 Å². The molecule has 0 heterocycles. The lowest BCUT2D eigenvalue weighted by Crippen LogP contribution is -2.49. The topological polar surface area (TPSA) is 96.0 Å². The summed E-state index contributed by atoms with van der Waals surface area (Å²) in [5.41, 5.74) is 1.13. The van der Waals surface area contributed by atoms with Crippen LogP contribution in [-0.2, 0) is 26.2 Å². The van der Waals surface area contributed by atoms with Crippen LogP contribution in [0.4, 0.5) is 5.69 Å². The quantitative estimate of drug-likeness (QED) is 0.369. The number of nitrogens with zero attached hydrogens (tertiary/aromatic N) is 2. The Labute approximate surface area is 229 Å². The van der Waals surface area contributed by atoms with Crippen LogP contribution in [0.3, 0.4) is 0 Å². The number of nitrogens with one attached hydrogen (secondary N) is 1. The third kappa shape index (κ3) is 9.39. The number of carbonyl (C=O) groups excluding carboxylic acids is 2. The molecule has 8 nitrogen and oxygen atoms in total. The number of ether oxygens (including phenoxy) is 1. The maximum absolute atomic E-state index is 13.3. The fraction of sp³-hybridized carbons (Fsp3) is 0.462. The Morgan fingerprint density at radius 2 is 1.70 bits per heavy atom. The lowest BCUT2D eigenvalue weighted by Gasteiger charge is -2.30. The molecule has 0 radical (unpaired) electrons. The molecule has 2 aromatic rings. The zero-order valence-electron chi connectivity index (χ0n) is 21.8. The number of hydrogen-bond acceptors (Lipinski definition) is 5. The second-order valence-electron chi connectivity index (χ2n) is 8.96. The minimum atomic E-state index is -3.59. The van der Waals surface area contributed by atoms with Crippen molar-refractivity contribution in [1.29, 1.82) is 0 Å². The van der Waals surface area contributed by atoms with Crippen LogP contribution < -0.4 is 14.4 Å². The van der Waals surface area contributed by atoms with E-state index in [1.807, 2.05) is 20.8 Å². The first kappa shape index (κ1) is 30.7. The number of anilines is 1. The standard InChI is InChI=1S/C26H35Cl2N3O5S/c1-6-36-23-13-11-22(12-14-23)31(37(5,34)35)15-7-8-25(32)30(19(4)26(33)29-18(2)3)17-20-9-10-21(27)16-24(20)28/h9-14,16,18-19H,6-8,15,17H2,1-5H3,(H,29,33)/t19-/m0/s1. The van der Waals surface area contributed by atoms with E-state index >= 15 is 0 Å². The molecule has 37 heavy (non-hydrogen) atoms. The van der Waals surface area contributed by atoms with E-state index in [0.717, 1.165) is 6.26 Å². The van der Waals surface area contributed by atoms with E-state index < -0.39 is 16.1 Å². The smallest absolute Gasteiger partial charge is 0.242 e. The van der Waals surface area contributed by atoms with Crippen molar-refractivity contribution in [2.75, 3.05) is 23.7 Å². The van der Waals surface area contributed by atoms with Crippen molar-refractivity contribution in [3.63, 3.8) is 0 Å². The average molecular weight is 573 g/mol. The van der Waals surface area contributed by atoms with Gasteiger partial charge in [-0.2, -0.15) is 0 Å². The van der Waals surface area contributed by atoms with Crippen molar-refractivity contribution >= 4 is 50.7 Å². The maximum atomic E-state index is 13.3. The Bertz CT molecular complexity index is 1170. The predicted molar refractivity (Wildman–Crippen MR) is 149 cm³/mol. The van der Waals surface area contributed by atoms with Gasteiger partial charge >= 0.3 is 0 Å². The van der Waals surface area contributed by atoms with Crippen LogP contribution in [0.5, 0.6) is 5.75 Å². The van der Waals surface area contributed by atoms with Gasteiger partial charge in [0.15, 0.2) is 0 Å². The van der Waals surface area contributed by atoms with E-state index in [1.165, 1.54) is 9.21 Å². The van der Waals surface area contributed by atoms with E-state index in [4.69, 9.17) is 27.9 Å². The Morgan fingerprint density at radius 1 is 1.05 bits per heavy atom. The molecule has 2 aromatic carbocycles. The predicted octanol–water partition coefficient (Wildman–Crippen LogP) is 4.88. The first-order valence-electron chi connectivity index (χ1n) is 12.1. The third-order valence-corrected chi connectivity index (χ3v) is 7.32. The highest BCUT2D eigenvalue weighted by atomic mass is 35.5. The molecule has 0 spiro atoms. The highest BCUT2D eigenvalue weighted by Crippen LogP contribution is 2.25. The molecule has 11 heteroatoms. The molecule has 0 saturated heterocycles. The zero-order valence-corrected chi connectivity index (χ0v) is 24.2. The lowest BCUT2D eigenvalue weighted by molar-refractivity contribution is -0.140. The molecule has 0 fully saturated rings. The minimum absolute atomic E-state index is 0.0353. The van der Waals surface area contributed by atoms with Gasteiger partial charge in [-0.3, -0.25) is 13.9 Å². The molecule has 0 aliphatic rings. The van der Waals surface area contributed by atoms with Gasteiger partial charge in [0, 0.05) is 35.6 Å². The molecule has 0 unspecified atom stereocenters. The summed E-state index contributed by atoms with van der Waals surface area (Å²) in [5.74, 6) is 0.0539. The highest BCUT2D eigenvalue weighted by Gasteiger charge is 2.27. The van der Waals surface area contributed by atoms with Gasteiger partial charge in [0.2, 0.25) is 21.8 Å². The monoisotopic (exact) mass is 571 g/mol. The SMILES string of the molecule is CCOc1ccc(N(CCCC(=O)N(Cc2ccc(Cl)cc2Cl)[C@@H](C)C(=O)NC(C)C)S(C)(=O)=O)cc1. The van der Waals surface area contributed by atoms with Crippen molar-refractivity contribution < 1.29 is 22.7 Å². The second-order valence-corrected chi connectivity index (χ2v) is 11.7. The number of hydrogen-bond donors (Lipinski definition) is 1. The minimum Gasteiger partial charge on any atom is -0.494 e. The first-order valence-corrected chi connectivity index (χ1v) is 14.7. The van der Waals surface area contributed by atoms with E-state index in [0.29, 0.717) is 33.7 Å². The third-order valence-electron chi connectivity index (χ3n) is 5.54. The Balaban J connectivity index is 2.19. The molecule has 0 aliphatic carbocycles. The van der Waals surface area contributed by atoms with E-state index in [1.54, 1.807) is 49.4 Å². The van der Waals surface area contributed by atoms with Crippen LogP contribution in [0, 0.1) is 0 Å². The van der Waals surface area contributed by atoms with Crippen LogP contribution in [-0.4, -0.2) is 56.6 Å². The number of halogens is 2. The Kier molecular flexibility index (Phi) is 11.5. The molecule has 2 rings (SSSR count). The molecule has 204 valence electrons. The number of carbonyl (C=O) groups is 2. The summed E-state index contributed by atoms with van der Waals surface area (Å²) < 4.78 is 31.6. The summed E-state index contributed by atoms with van der Waals surface area (Å²) in [7, 11) is -3.59. The van der Waals surface area contributed by atoms with Crippen LogP contribution in [0.2, 0.25) is 10.0 Å². The molecular weight excluding hydrogens is 537 g/mol. The molecule has 1 N–H and O–H groups in total. The van der Waals surface area contributed by atoms with Crippen LogP contribution >= 0.6 is 23.2 Å². The first-order chi connectivity index (χ1) is 17.3. The summed E-state index contributed by atoms with van der Waals surface area (Å²) in [6.07, 6.45) is 1.41. The van der Waals surface area contributed by atoms with E-state index in [2.05, 4.69) is 5.32 Å². The largest absolute Gasteiger partial charge is 0.494 e. The normalized spacial score (nSPS) is 12.2. The molecule has 0 aromatic heterocycles. The Morgan fingerprint density at radius 3 is 2.24 bits per heavy atom. The zero-order chi connectivity index (χ0) is 27.8. The molecular formula is C26H35Cl2N3O5S. The van der Waals surface area contributed by atoms with Crippen LogP contribution in [0.1, 0.15) is 46.1 Å². The van der Waals surface area contributed by atoms with Gasteiger partial charge < -0.3 is 15.0 Å². The second kappa shape index (κ2) is 13.9. The summed E-state index contributed by atoms with van der Waals surface area (Å²) in [4.78, 5) is 27.5. The van der Waals surface area contributed by atoms with Gasteiger partial charge in [0.05, 0.1) is 18.6 Å². The van der Waals surface area contributed by atoms with Crippen LogP contribution in [0.15, 0.2) is 42.5 Å². The van der Waals surface area contributed by atoms with Crippen molar-refractivity contribution in [3.05, 3.63) is 58.1 Å². The van der Waals surface area contributed by atoms with Crippen molar-refractivity contribution in [2.24, 2.45) is 0 Å². The number of rotatable bonds is 13. The molecule has 2 amide bonds. The van der Waals surface area contributed by atoms with Gasteiger partial charge in [-0.1, -0.05) is 29.3 Å². The van der Waals surface area contributed by atoms with E-state index in [9.17, 15) is 18.0 Å². The number of benzene rings is 2. The fourth-order valence-electron chi connectivity index (χ4n) is 3.70. The van der Waals surface area contributed by atoms with Crippen LogP contribution in [0.25, 0.3) is 0 Å². The van der Waals surface area contributed by atoms with Crippen molar-refractivity contribution in [2.45, 2.75) is 59.2 Å². The highest BCUT2D eigenvalue weighted by molar-refractivity contribution is 7.92. The number of amides is 2. The fourth-order valence-corrected chi connectivity index (χ4v) is 5.13. The van der Waals surface area contributed by atoms with Gasteiger partial charge in [-0.05, 0) is 76.1 Å². The maximum Gasteiger partial charge on any atom is 0.242 e. The van der Waals surface area contributed by atoms with Crippen molar-refractivity contribution in [1.82, 2.24) is 10.2 Å². The molecule has 0 aliphatic heterocycles. The molecule has 1 atom stereocenters. The summed E-state index contributed by atoms with van der Waals surface area (Å²) >= 11 is 12.3. The van der Waals surface area contributed by atoms with Gasteiger partial charge in [0.1, 0.15) is 11.8 Å². The molecule has 0 bridgehead atoms. The summed E-state index contributed by atoms with van der Waals surface area (Å²) in [5, 5.41) is 3.69. The summed E-state index contributed by atoms with van der Waals surface area (Å²) in [6.45, 7) is 7.91. The number of sulfonamides is 1. The summed E-state index contributed by atoms with van der Waals surface area (Å²) in [6, 6.07) is 10.9. The average Bonchev–Trinajstić information content (AvgIpc) is 2.80. The van der Waals surface area contributed by atoms with E-state index in [-0.39, 0.29) is 43.8 Å². The van der Waals surface area contributed by atoms with Crippen molar-refractivity contribution in [3.8, 4) is 5.75 Å². The van der Waals surface area contributed by atoms with Gasteiger partial charge in [-0.15, -0.1) is 0 Å². The Hall–Kier alpha value is -2.49.